The molecule has 94 valence electrons. The van der Waals surface area contributed by atoms with Gasteiger partial charge in [0.05, 0.1) is 12.7 Å². The Bertz CT molecular complexity index is 611. The van der Waals surface area contributed by atoms with Crippen molar-refractivity contribution in [2.45, 2.75) is 0 Å². The molecule has 0 unspecified atom stereocenters. The van der Waals surface area contributed by atoms with Gasteiger partial charge in [-0.2, -0.15) is 0 Å². The molecule has 0 bridgehead atoms. The highest BCUT2D eigenvalue weighted by molar-refractivity contribution is 9.10. The van der Waals surface area contributed by atoms with Gasteiger partial charge in [0.2, 0.25) is 5.76 Å². The minimum Gasteiger partial charge on any atom is -0.493 e. The molecule has 0 aliphatic carbocycles. The normalized spacial score (nSPS) is 10.4. The second-order valence-corrected chi connectivity index (χ2v) is 4.17. The number of carbonyl (C=O) groups is 1. The van der Waals surface area contributed by atoms with Gasteiger partial charge in [0, 0.05) is 10.5 Å². The lowest BCUT2D eigenvalue weighted by molar-refractivity contribution is 0.0652. The quantitative estimate of drug-likeness (QED) is 0.942. The monoisotopic (exact) mass is 315 g/mol. The Morgan fingerprint density at radius 2 is 2.28 bits per heavy atom. The smallest absolute Gasteiger partial charge is 0.374 e. The van der Waals surface area contributed by atoms with Crippen LogP contribution in [-0.4, -0.2) is 23.3 Å². The van der Waals surface area contributed by atoms with Crippen molar-refractivity contribution >= 4 is 21.9 Å². The minimum atomic E-state index is -1.25. The van der Waals surface area contributed by atoms with Crippen molar-refractivity contribution in [3.05, 3.63) is 34.2 Å². The van der Waals surface area contributed by atoms with Crippen molar-refractivity contribution in [3.8, 4) is 17.0 Å². The van der Waals surface area contributed by atoms with Crippen molar-refractivity contribution in [3.63, 3.8) is 0 Å². The summed E-state index contributed by atoms with van der Waals surface area (Å²) in [5.74, 6) is -2.19. The summed E-state index contributed by atoms with van der Waals surface area (Å²) in [6.45, 7) is 0. The molecule has 0 saturated heterocycles. The number of carboxylic acids is 1. The molecule has 1 N–H and O–H groups in total. The van der Waals surface area contributed by atoms with E-state index in [1.807, 2.05) is 0 Å². The molecule has 5 nitrogen and oxygen atoms in total. The van der Waals surface area contributed by atoms with Crippen molar-refractivity contribution in [2.24, 2.45) is 0 Å². The number of carboxylic acid groups (broad SMARTS) is 1. The molecule has 2 rings (SSSR count). The Hall–Kier alpha value is -1.89. The molecule has 0 radical (unpaired) electrons. The average molecular weight is 316 g/mol. The Labute approximate surface area is 109 Å². The van der Waals surface area contributed by atoms with Crippen LogP contribution in [0.2, 0.25) is 0 Å². The fourth-order valence-electron chi connectivity index (χ4n) is 1.47. The van der Waals surface area contributed by atoms with Crippen molar-refractivity contribution in [1.29, 1.82) is 0 Å². The van der Waals surface area contributed by atoms with E-state index in [0.29, 0.717) is 10.0 Å². The Morgan fingerprint density at radius 3 is 2.83 bits per heavy atom. The van der Waals surface area contributed by atoms with Crippen LogP contribution in [0.1, 0.15) is 10.6 Å². The van der Waals surface area contributed by atoms with E-state index in [1.165, 1.54) is 25.3 Å². The van der Waals surface area contributed by atoms with Gasteiger partial charge in [-0.15, -0.1) is 0 Å². The number of nitrogens with zero attached hydrogens (tertiary/aromatic N) is 1. The third-order valence-electron chi connectivity index (χ3n) is 2.24. The van der Waals surface area contributed by atoms with Gasteiger partial charge in [0.15, 0.2) is 11.6 Å². The molecule has 1 aromatic heterocycles. The molecule has 7 heteroatoms. The predicted molar refractivity (Wildman–Crippen MR) is 63.1 cm³/mol. The van der Waals surface area contributed by atoms with Crippen LogP contribution in [0.4, 0.5) is 4.39 Å². The zero-order valence-electron chi connectivity index (χ0n) is 9.11. The van der Waals surface area contributed by atoms with E-state index in [1.54, 1.807) is 0 Å². The first-order valence-corrected chi connectivity index (χ1v) is 5.56. The lowest BCUT2D eigenvalue weighted by Crippen LogP contribution is -1.94. The van der Waals surface area contributed by atoms with Crippen LogP contribution in [0.3, 0.4) is 0 Å². The van der Waals surface area contributed by atoms with E-state index in [9.17, 15) is 9.18 Å². The number of ether oxygens (including phenoxy) is 1. The molecular weight excluding hydrogens is 309 g/mol. The number of hydrogen-bond donors (Lipinski definition) is 1. The van der Waals surface area contributed by atoms with Crippen LogP contribution in [0.5, 0.6) is 5.75 Å². The molecule has 0 spiro atoms. The molecule has 0 aliphatic heterocycles. The largest absolute Gasteiger partial charge is 0.493 e. The van der Waals surface area contributed by atoms with Gasteiger partial charge >= 0.3 is 5.97 Å². The summed E-state index contributed by atoms with van der Waals surface area (Å²) in [6.07, 6.45) is 0. The van der Waals surface area contributed by atoms with Gasteiger partial charge in [-0.25, -0.2) is 9.18 Å². The maximum absolute atomic E-state index is 13.6. The van der Waals surface area contributed by atoms with Crippen LogP contribution in [0.25, 0.3) is 11.3 Å². The predicted octanol–water partition coefficient (Wildman–Crippen LogP) is 2.95. The highest BCUT2D eigenvalue weighted by Crippen LogP contribution is 2.38. The number of halogens is 2. The zero-order valence-corrected chi connectivity index (χ0v) is 10.7. The summed E-state index contributed by atoms with van der Waals surface area (Å²) in [5.41, 5.74) is 0.476. The van der Waals surface area contributed by atoms with Crippen LogP contribution >= 0.6 is 15.9 Å². The van der Waals surface area contributed by atoms with Crippen LogP contribution in [0.15, 0.2) is 27.2 Å². The highest BCUT2D eigenvalue weighted by Gasteiger charge is 2.20. The number of rotatable bonds is 3. The van der Waals surface area contributed by atoms with E-state index in [4.69, 9.17) is 9.84 Å². The minimum absolute atomic E-state index is 0.0328. The summed E-state index contributed by atoms with van der Waals surface area (Å²) < 4.78 is 23.7. The van der Waals surface area contributed by atoms with Crippen LogP contribution in [-0.2, 0) is 0 Å². The zero-order chi connectivity index (χ0) is 13.3. The molecule has 0 aliphatic rings. The lowest BCUT2D eigenvalue weighted by Gasteiger charge is -2.08. The molecule has 1 heterocycles. The summed E-state index contributed by atoms with van der Waals surface area (Å²) in [6, 6.07) is 3.90. The van der Waals surface area contributed by atoms with Crippen LogP contribution < -0.4 is 4.74 Å². The molecule has 1 aromatic carbocycles. The van der Waals surface area contributed by atoms with Gasteiger partial charge in [0.25, 0.3) is 0 Å². The van der Waals surface area contributed by atoms with E-state index < -0.39 is 11.8 Å². The van der Waals surface area contributed by atoms with E-state index in [2.05, 4.69) is 25.6 Å². The van der Waals surface area contributed by atoms with Gasteiger partial charge in [-0.05, 0) is 28.1 Å². The second-order valence-electron chi connectivity index (χ2n) is 3.32. The first-order chi connectivity index (χ1) is 8.54. The van der Waals surface area contributed by atoms with Crippen molar-refractivity contribution in [2.75, 3.05) is 7.11 Å². The number of hydrogen-bond acceptors (Lipinski definition) is 4. The number of benzene rings is 1. The van der Waals surface area contributed by atoms with Crippen molar-refractivity contribution < 1.29 is 23.6 Å². The maximum atomic E-state index is 13.6. The van der Waals surface area contributed by atoms with E-state index in [0.717, 1.165) is 0 Å². The van der Waals surface area contributed by atoms with Gasteiger partial charge in [-0.1, -0.05) is 5.16 Å². The first-order valence-electron chi connectivity index (χ1n) is 4.77. The summed E-state index contributed by atoms with van der Waals surface area (Å²) in [4.78, 5) is 10.7. The molecule has 2 aromatic rings. The SMILES string of the molecule is COc1c(F)ccc(Br)c1-c1cc(C(=O)O)on1. The lowest BCUT2D eigenvalue weighted by atomic mass is 10.1. The van der Waals surface area contributed by atoms with Gasteiger partial charge in [-0.3, -0.25) is 0 Å². The summed E-state index contributed by atoms with van der Waals surface area (Å²) in [5, 5.41) is 12.3. The Morgan fingerprint density at radius 1 is 1.56 bits per heavy atom. The van der Waals surface area contributed by atoms with Gasteiger partial charge in [0.1, 0.15) is 5.69 Å². The molecule has 0 saturated carbocycles. The number of aromatic carboxylic acids is 1. The number of methoxy groups -OCH3 is 1. The average Bonchev–Trinajstić information content (AvgIpc) is 2.81. The second kappa shape index (κ2) is 4.77. The first kappa shape index (κ1) is 12.6. The maximum Gasteiger partial charge on any atom is 0.374 e. The highest BCUT2D eigenvalue weighted by atomic mass is 79.9. The number of aromatic nitrogens is 1. The Kier molecular flexibility index (Phi) is 3.33. The third-order valence-corrected chi connectivity index (χ3v) is 2.90. The molecule has 18 heavy (non-hydrogen) atoms. The summed E-state index contributed by atoms with van der Waals surface area (Å²) in [7, 11) is 1.31. The third kappa shape index (κ3) is 2.08. The Balaban J connectivity index is 2.62. The topological polar surface area (TPSA) is 72.6 Å². The van der Waals surface area contributed by atoms with Gasteiger partial charge < -0.3 is 14.4 Å². The van der Waals surface area contributed by atoms with Crippen LogP contribution in [0, 0.1) is 5.82 Å². The fraction of sp³-hybridized carbons (Fsp3) is 0.0909. The molecule has 0 amide bonds. The molecule has 0 atom stereocenters. The molecule has 0 fully saturated rings. The van der Waals surface area contributed by atoms with E-state index >= 15 is 0 Å². The van der Waals surface area contributed by atoms with Crippen molar-refractivity contribution in [1.82, 2.24) is 5.16 Å². The summed E-state index contributed by atoms with van der Waals surface area (Å²) >= 11 is 3.23. The standard InChI is InChI=1S/C11H7BrFNO4/c1-17-10-6(13)3-2-5(12)9(10)7-4-8(11(15)16)18-14-7/h2-4H,1H3,(H,15,16). The molecular formula is C11H7BrFNO4. The van der Waals surface area contributed by atoms with E-state index in [-0.39, 0.29) is 17.2 Å². The fourth-order valence-corrected chi connectivity index (χ4v) is 1.98.